The highest BCUT2D eigenvalue weighted by Crippen LogP contribution is 2.25. The lowest BCUT2D eigenvalue weighted by molar-refractivity contribution is -0.245. The van der Waals surface area contributed by atoms with E-state index in [9.17, 15) is 9.90 Å². The number of ether oxygens (including phenoxy) is 1. The highest BCUT2D eigenvalue weighted by atomic mass is 16.6. The molecule has 11 heavy (non-hydrogen) atoms. The number of esters is 1. The van der Waals surface area contributed by atoms with Gasteiger partial charge in [0.1, 0.15) is 0 Å². The molecule has 0 aromatic rings. The van der Waals surface area contributed by atoms with Crippen LogP contribution in [0.2, 0.25) is 0 Å². The van der Waals surface area contributed by atoms with Gasteiger partial charge in [0.25, 0.3) is 0 Å². The minimum Gasteiger partial charge on any atom is -0.466 e. The zero-order valence-corrected chi connectivity index (χ0v) is 6.28. The molecule has 0 bridgehead atoms. The molecule has 1 aliphatic rings. The van der Waals surface area contributed by atoms with Crippen molar-refractivity contribution in [1.29, 1.82) is 0 Å². The molecule has 5 heteroatoms. The Labute approximate surface area is 64.1 Å². The molecule has 1 heterocycles. The van der Waals surface area contributed by atoms with Gasteiger partial charge < -0.3 is 15.1 Å². The number of aliphatic hydroxyl groups is 1. The standard InChI is InChI=1S/C6H11NO4/c1-11-5(8)6(9)3-2-4-7(6)10/h9-10H,2-4H2,1H3/t6-/m1/s1. The van der Waals surface area contributed by atoms with Gasteiger partial charge >= 0.3 is 5.97 Å². The lowest BCUT2D eigenvalue weighted by atomic mass is 10.2. The summed E-state index contributed by atoms with van der Waals surface area (Å²) in [5, 5.41) is 19.1. The maximum atomic E-state index is 10.9. The topological polar surface area (TPSA) is 70.0 Å². The summed E-state index contributed by atoms with van der Waals surface area (Å²) < 4.78 is 4.32. The fraction of sp³-hybridized carbons (Fsp3) is 0.833. The van der Waals surface area contributed by atoms with Crippen molar-refractivity contribution >= 4 is 5.97 Å². The number of hydroxylamine groups is 2. The van der Waals surface area contributed by atoms with E-state index in [2.05, 4.69) is 4.74 Å². The first kappa shape index (κ1) is 8.45. The van der Waals surface area contributed by atoms with Crippen LogP contribution in [-0.4, -0.2) is 40.7 Å². The van der Waals surface area contributed by atoms with Crippen LogP contribution in [0.3, 0.4) is 0 Å². The lowest BCUT2D eigenvalue weighted by Gasteiger charge is -2.24. The van der Waals surface area contributed by atoms with Crippen LogP contribution in [0.1, 0.15) is 12.8 Å². The molecule has 1 aliphatic heterocycles. The highest BCUT2D eigenvalue weighted by Gasteiger charge is 2.46. The third-order valence-corrected chi connectivity index (χ3v) is 1.83. The Morgan fingerprint density at radius 2 is 2.36 bits per heavy atom. The van der Waals surface area contributed by atoms with Gasteiger partial charge in [-0.15, -0.1) is 0 Å². The van der Waals surface area contributed by atoms with Crippen LogP contribution < -0.4 is 0 Å². The Kier molecular flexibility index (Phi) is 2.12. The first-order valence-corrected chi connectivity index (χ1v) is 3.38. The van der Waals surface area contributed by atoms with Crippen LogP contribution in [0.4, 0.5) is 0 Å². The van der Waals surface area contributed by atoms with Gasteiger partial charge in [0.05, 0.1) is 7.11 Å². The second-order valence-electron chi connectivity index (χ2n) is 2.53. The molecule has 0 aliphatic carbocycles. The average Bonchev–Trinajstić information content (AvgIpc) is 2.32. The predicted molar refractivity (Wildman–Crippen MR) is 34.7 cm³/mol. The third kappa shape index (κ3) is 1.22. The Balaban J connectivity index is 2.72. The molecule has 0 spiro atoms. The monoisotopic (exact) mass is 161 g/mol. The van der Waals surface area contributed by atoms with Gasteiger partial charge in [-0.1, -0.05) is 0 Å². The van der Waals surface area contributed by atoms with Gasteiger partial charge in [-0.2, -0.15) is 5.06 Å². The number of carbonyl (C=O) groups is 1. The van der Waals surface area contributed by atoms with Gasteiger partial charge in [-0.25, -0.2) is 4.79 Å². The van der Waals surface area contributed by atoms with Crippen molar-refractivity contribution in [1.82, 2.24) is 5.06 Å². The van der Waals surface area contributed by atoms with E-state index in [4.69, 9.17) is 5.21 Å². The molecule has 5 nitrogen and oxygen atoms in total. The summed E-state index contributed by atoms with van der Waals surface area (Å²) in [6.45, 7) is 0.297. The molecule has 64 valence electrons. The number of hydrogen-bond acceptors (Lipinski definition) is 5. The second-order valence-corrected chi connectivity index (χ2v) is 2.53. The molecule has 0 radical (unpaired) electrons. The summed E-state index contributed by atoms with van der Waals surface area (Å²) in [5.41, 5.74) is -1.81. The van der Waals surface area contributed by atoms with Crippen molar-refractivity contribution in [2.75, 3.05) is 13.7 Å². The van der Waals surface area contributed by atoms with Crippen molar-refractivity contribution in [3.8, 4) is 0 Å². The Hall–Kier alpha value is -0.650. The molecule has 0 amide bonds. The van der Waals surface area contributed by atoms with Gasteiger partial charge in [-0.3, -0.25) is 0 Å². The summed E-state index contributed by atoms with van der Waals surface area (Å²) in [7, 11) is 1.17. The van der Waals surface area contributed by atoms with Crippen LogP contribution in [0.25, 0.3) is 0 Å². The second kappa shape index (κ2) is 2.77. The summed E-state index contributed by atoms with van der Waals surface area (Å²) in [6.07, 6.45) is 0.804. The van der Waals surface area contributed by atoms with Crippen LogP contribution in [0, 0.1) is 0 Å². The van der Waals surface area contributed by atoms with E-state index in [-0.39, 0.29) is 6.42 Å². The SMILES string of the molecule is COC(=O)[C@]1(O)CCCN1O. The number of carbonyl (C=O) groups excluding carboxylic acids is 1. The molecule has 2 N–H and O–H groups in total. The fourth-order valence-corrected chi connectivity index (χ4v) is 1.16. The van der Waals surface area contributed by atoms with Gasteiger partial charge in [0.15, 0.2) is 0 Å². The first-order chi connectivity index (χ1) is 5.11. The summed E-state index contributed by atoms with van der Waals surface area (Å²) >= 11 is 0. The minimum absolute atomic E-state index is 0.218. The van der Waals surface area contributed by atoms with Crippen molar-refractivity contribution in [2.24, 2.45) is 0 Å². The van der Waals surface area contributed by atoms with Crippen LogP contribution in [0.5, 0.6) is 0 Å². The van der Waals surface area contributed by atoms with Gasteiger partial charge in [0.2, 0.25) is 5.72 Å². The smallest absolute Gasteiger partial charge is 0.355 e. The molecule has 1 saturated heterocycles. The quantitative estimate of drug-likeness (QED) is 0.499. The summed E-state index contributed by atoms with van der Waals surface area (Å²) in [6, 6.07) is 0. The van der Waals surface area contributed by atoms with Crippen LogP contribution >= 0.6 is 0 Å². The molecule has 1 rings (SSSR count). The van der Waals surface area contributed by atoms with E-state index in [0.29, 0.717) is 18.0 Å². The number of methoxy groups -OCH3 is 1. The minimum atomic E-state index is -1.81. The van der Waals surface area contributed by atoms with Crippen molar-refractivity contribution in [2.45, 2.75) is 18.6 Å². The van der Waals surface area contributed by atoms with E-state index >= 15 is 0 Å². The van der Waals surface area contributed by atoms with E-state index in [1.165, 1.54) is 7.11 Å². The molecule has 1 atom stereocenters. The molecular formula is C6H11NO4. The fourth-order valence-electron chi connectivity index (χ4n) is 1.16. The predicted octanol–water partition coefficient (Wildman–Crippen LogP) is -0.667. The zero-order valence-electron chi connectivity index (χ0n) is 6.28. The molecule has 0 aromatic heterocycles. The molecule has 0 unspecified atom stereocenters. The molecule has 0 saturated carbocycles. The first-order valence-electron chi connectivity index (χ1n) is 3.38. The molecule has 1 fully saturated rings. The summed E-state index contributed by atoms with van der Waals surface area (Å²) in [4.78, 5) is 10.9. The maximum absolute atomic E-state index is 10.9. The van der Waals surface area contributed by atoms with E-state index in [1.807, 2.05) is 0 Å². The van der Waals surface area contributed by atoms with Crippen LogP contribution in [-0.2, 0) is 9.53 Å². The van der Waals surface area contributed by atoms with Crippen molar-refractivity contribution in [3.05, 3.63) is 0 Å². The Morgan fingerprint density at radius 3 is 2.73 bits per heavy atom. The van der Waals surface area contributed by atoms with Crippen molar-refractivity contribution < 1.29 is 19.8 Å². The number of nitrogens with zero attached hydrogens (tertiary/aromatic N) is 1. The van der Waals surface area contributed by atoms with E-state index < -0.39 is 11.7 Å². The zero-order chi connectivity index (χ0) is 8.48. The highest BCUT2D eigenvalue weighted by molar-refractivity contribution is 5.78. The Bertz CT molecular complexity index is 172. The third-order valence-electron chi connectivity index (χ3n) is 1.83. The average molecular weight is 161 g/mol. The normalized spacial score (nSPS) is 32.3. The molecular weight excluding hydrogens is 150 g/mol. The number of rotatable bonds is 1. The maximum Gasteiger partial charge on any atom is 0.355 e. The Morgan fingerprint density at radius 1 is 1.73 bits per heavy atom. The van der Waals surface area contributed by atoms with E-state index in [1.54, 1.807) is 0 Å². The van der Waals surface area contributed by atoms with Gasteiger partial charge in [-0.05, 0) is 6.42 Å². The van der Waals surface area contributed by atoms with Crippen molar-refractivity contribution in [3.63, 3.8) is 0 Å². The summed E-state index contributed by atoms with van der Waals surface area (Å²) in [5.74, 6) is -0.808. The largest absolute Gasteiger partial charge is 0.466 e. The van der Waals surface area contributed by atoms with Crippen LogP contribution in [0.15, 0.2) is 0 Å². The number of hydrogen-bond donors (Lipinski definition) is 2. The lowest BCUT2D eigenvalue weighted by Crippen LogP contribution is -2.49. The molecule has 0 aromatic carbocycles. The van der Waals surface area contributed by atoms with E-state index in [0.717, 1.165) is 0 Å². The van der Waals surface area contributed by atoms with Gasteiger partial charge in [0, 0.05) is 13.0 Å².